The third-order valence-corrected chi connectivity index (χ3v) is 6.24. The van der Waals surface area contributed by atoms with Gasteiger partial charge in [0.2, 0.25) is 0 Å². The molecular weight excluding hydrogens is 740 g/mol. The van der Waals surface area contributed by atoms with E-state index in [1.807, 2.05) is 18.5 Å². The Kier molecular flexibility index (Phi) is 20.2. The van der Waals surface area contributed by atoms with Crippen molar-refractivity contribution in [3.63, 3.8) is 0 Å². The molecule has 2 aromatic heterocycles. The lowest BCUT2D eigenvalue weighted by atomic mass is 10.3. The van der Waals surface area contributed by atoms with Crippen LogP contribution >= 0.6 is 35.0 Å². The highest BCUT2D eigenvalue weighted by Gasteiger charge is 2.13. The molecule has 10 nitrogen and oxygen atoms in total. The van der Waals surface area contributed by atoms with Gasteiger partial charge in [-0.15, -0.1) is 12.4 Å². The Morgan fingerprint density at radius 2 is 1.15 bits per heavy atom. The van der Waals surface area contributed by atoms with Gasteiger partial charge in [0.25, 0.3) is 0 Å². The van der Waals surface area contributed by atoms with Gasteiger partial charge in [0.1, 0.15) is 17.5 Å². The molecule has 5 aromatic rings. The maximum atomic E-state index is 12.6. The van der Waals surface area contributed by atoms with Crippen LogP contribution in [-0.4, -0.2) is 60.6 Å². The van der Waals surface area contributed by atoms with E-state index in [4.69, 9.17) is 24.8 Å². The van der Waals surface area contributed by atoms with Gasteiger partial charge in [-0.25, -0.2) is 22.5 Å². The number of nitrogens with zero attached hydrogens (tertiary/aromatic N) is 4. The van der Waals surface area contributed by atoms with E-state index in [1.54, 1.807) is 86.6 Å². The number of nitrogen functional groups attached to an aromatic ring is 1. The number of rotatable bonds is 9. The first-order chi connectivity index (χ1) is 21.7. The number of anilines is 1. The fourth-order valence-corrected chi connectivity index (χ4v) is 3.72. The Bertz CT molecular complexity index is 1450. The molecule has 0 saturated carbocycles. The van der Waals surface area contributed by atoms with Gasteiger partial charge >= 0.3 is 0 Å². The Hall–Kier alpha value is -3.51. The summed E-state index contributed by atoms with van der Waals surface area (Å²) in [7, 11) is 6.32. The Balaban J connectivity index is 0.000000307. The van der Waals surface area contributed by atoms with Crippen molar-refractivity contribution in [2.24, 2.45) is 5.84 Å². The number of halogens is 5. The van der Waals surface area contributed by atoms with E-state index in [0.29, 0.717) is 12.1 Å². The fourth-order valence-electron chi connectivity index (χ4n) is 3.33. The summed E-state index contributed by atoms with van der Waals surface area (Å²) in [6, 6.07) is 20.1. The van der Waals surface area contributed by atoms with Gasteiger partial charge in [0.05, 0.1) is 21.1 Å². The Morgan fingerprint density at radius 1 is 0.717 bits per heavy atom. The van der Waals surface area contributed by atoms with Crippen LogP contribution in [0.15, 0.2) is 104 Å². The van der Waals surface area contributed by atoms with E-state index in [2.05, 4.69) is 38.2 Å². The van der Waals surface area contributed by atoms with E-state index in [0.717, 1.165) is 14.9 Å². The van der Waals surface area contributed by atoms with Crippen LogP contribution < -0.4 is 11.3 Å². The van der Waals surface area contributed by atoms with Crippen LogP contribution in [0.4, 0.5) is 18.9 Å². The molecule has 0 aliphatic rings. The molecule has 0 spiro atoms. The average molecular weight is 777 g/mol. The second-order valence-electron chi connectivity index (χ2n) is 8.70. The average Bonchev–Trinajstić information content (AvgIpc) is 3.77. The summed E-state index contributed by atoms with van der Waals surface area (Å²) in [6.07, 6.45) is 7.17. The van der Waals surface area contributed by atoms with Crippen LogP contribution in [0.25, 0.3) is 11.4 Å². The lowest BCUT2D eigenvalue weighted by Crippen LogP contribution is -2.24. The zero-order valence-electron chi connectivity index (χ0n) is 25.6. The molecule has 5 rings (SSSR count). The van der Waals surface area contributed by atoms with Crippen molar-refractivity contribution >= 4 is 40.7 Å². The highest BCUT2D eigenvalue weighted by atomic mass is 127. The minimum Gasteiger partial charge on any atom is -0.356 e. The number of nitrogens with two attached hydrogens (primary N) is 1. The summed E-state index contributed by atoms with van der Waals surface area (Å²) in [5.74, 6) is 4.31. The smallest absolute Gasteiger partial charge is 0.161 e. The number of nitrogens with one attached hydrogen (secondary N) is 1. The molecule has 15 heteroatoms. The molecule has 250 valence electrons. The SMILES string of the molecule is COC(CC(OC)OC)OC.Cl.Fc1ccc(-n2cc(I)cn2)cc1.Fc1ccc(-n2cccn2)cc1.NNc1ccc(F)cc1. The Morgan fingerprint density at radius 3 is 1.50 bits per heavy atom. The predicted octanol–water partition coefficient (Wildman–Crippen LogP) is 6.77. The van der Waals surface area contributed by atoms with E-state index < -0.39 is 0 Å². The molecule has 46 heavy (non-hydrogen) atoms. The van der Waals surface area contributed by atoms with Crippen molar-refractivity contribution in [2.75, 3.05) is 33.9 Å². The lowest BCUT2D eigenvalue weighted by molar-refractivity contribution is -0.178. The van der Waals surface area contributed by atoms with E-state index in [9.17, 15) is 13.2 Å². The first-order valence-corrected chi connectivity index (χ1v) is 14.4. The molecule has 0 aliphatic carbocycles. The minimum absolute atomic E-state index is 0. The first kappa shape index (κ1) is 40.5. The topological polar surface area (TPSA) is 111 Å². The first-order valence-electron chi connectivity index (χ1n) is 13.3. The number of methoxy groups -OCH3 is 4. The maximum Gasteiger partial charge on any atom is 0.161 e. The quantitative estimate of drug-likeness (QED) is 0.0731. The monoisotopic (exact) mass is 776 g/mol. The number of hydrogen-bond acceptors (Lipinski definition) is 8. The summed E-state index contributed by atoms with van der Waals surface area (Å²) in [4.78, 5) is 0. The molecule has 0 atom stereocenters. The molecule has 0 saturated heterocycles. The molecular formula is C31H37ClF3IN6O4. The van der Waals surface area contributed by atoms with Gasteiger partial charge in [-0.1, -0.05) is 0 Å². The molecule has 3 N–H and O–H groups in total. The standard InChI is InChI=1S/C9H6FIN2.C9H7FN2.C7H16O4.C6H7FN2.ClH/c10-7-1-3-9(4-2-7)13-6-8(11)5-12-13;10-8-2-4-9(5-3-8)12-7-1-6-11-12;1-8-6(9-2)5-7(10-3)11-4;7-5-1-3-6(9-8)4-2-5;/h1-6H;1-7H;6-7H,5H2,1-4H3;1-4,9H,8H2;1H. The minimum atomic E-state index is -0.264. The summed E-state index contributed by atoms with van der Waals surface area (Å²) >= 11 is 2.18. The van der Waals surface area contributed by atoms with Gasteiger partial charge in [-0.05, 0) is 101 Å². The van der Waals surface area contributed by atoms with Crippen molar-refractivity contribution < 1.29 is 32.1 Å². The highest BCUT2D eigenvalue weighted by molar-refractivity contribution is 14.1. The van der Waals surface area contributed by atoms with E-state index in [1.165, 1.54) is 36.4 Å². The number of ether oxygens (including phenoxy) is 4. The molecule has 0 aliphatic heterocycles. The van der Waals surface area contributed by atoms with Gasteiger partial charge in [-0.2, -0.15) is 10.2 Å². The van der Waals surface area contributed by atoms with Crippen molar-refractivity contribution in [3.05, 3.63) is 125 Å². The van der Waals surface area contributed by atoms with Crippen molar-refractivity contribution in [3.8, 4) is 11.4 Å². The van der Waals surface area contributed by atoms with Crippen LogP contribution in [0.5, 0.6) is 0 Å². The van der Waals surface area contributed by atoms with Crippen molar-refractivity contribution in [1.82, 2.24) is 19.6 Å². The zero-order chi connectivity index (χ0) is 33.0. The van der Waals surface area contributed by atoms with Gasteiger partial charge in [0, 0.05) is 59.1 Å². The number of benzene rings is 3. The maximum absolute atomic E-state index is 12.6. The van der Waals surface area contributed by atoms with E-state index in [-0.39, 0.29) is 42.4 Å². The molecule has 0 amide bonds. The third-order valence-electron chi connectivity index (χ3n) is 5.69. The molecule has 0 unspecified atom stereocenters. The summed E-state index contributed by atoms with van der Waals surface area (Å²) < 4.78 is 61.5. The number of hydrazine groups is 1. The van der Waals surface area contributed by atoms with Crippen LogP contribution in [0.3, 0.4) is 0 Å². The van der Waals surface area contributed by atoms with Gasteiger partial charge in [0.15, 0.2) is 12.6 Å². The second kappa shape index (κ2) is 22.9. The van der Waals surface area contributed by atoms with E-state index >= 15 is 0 Å². The van der Waals surface area contributed by atoms with Crippen LogP contribution in [0.1, 0.15) is 6.42 Å². The van der Waals surface area contributed by atoms with Crippen molar-refractivity contribution in [1.29, 1.82) is 0 Å². The normalized spacial score (nSPS) is 10.1. The largest absolute Gasteiger partial charge is 0.356 e. The zero-order valence-corrected chi connectivity index (χ0v) is 28.6. The van der Waals surface area contributed by atoms with Crippen LogP contribution in [-0.2, 0) is 18.9 Å². The predicted molar refractivity (Wildman–Crippen MR) is 181 cm³/mol. The highest BCUT2D eigenvalue weighted by Crippen LogP contribution is 2.11. The summed E-state index contributed by atoms with van der Waals surface area (Å²) in [5.41, 5.74) is 4.82. The fraction of sp³-hybridized carbons (Fsp3) is 0.226. The molecule has 0 radical (unpaired) electrons. The third kappa shape index (κ3) is 15.2. The lowest BCUT2D eigenvalue weighted by Gasteiger charge is -2.18. The van der Waals surface area contributed by atoms with Crippen LogP contribution in [0, 0.1) is 21.0 Å². The molecule has 3 aromatic carbocycles. The molecule has 0 bridgehead atoms. The summed E-state index contributed by atoms with van der Waals surface area (Å²) in [6.45, 7) is 0. The Labute approximate surface area is 286 Å². The van der Waals surface area contributed by atoms with Gasteiger partial charge < -0.3 is 24.4 Å². The molecule has 0 fully saturated rings. The van der Waals surface area contributed by atoms with Crippen LogP contribution in [0.2, 0.25) is 0 Å². The summed E-state index contributed by atoms with van der Waals surface area (Å²) in [5, 5.41) is 8.11. The van der Waals surface area contributed by atoms with Gasteiger partial charge in [-0.3, -0.25) is 5.84 Å². The second-order valence-corrected chi connectivity index (χ2v) is 9.94. The van der Waals surface area contributed by atoms with Crippen molar-refractivity contribution in [2.45, 2.75) is 19.0 Å². The number of hydrogen-bond donors (Lipinski definition) is 2. The number of aromatic nitrogens is 4. The molecule has 2 heterocycles.